The van der Waals surface area contributed by atoms with Crippen molar-refractivity contribution in [2.75, 3.05) is 12.3 Å². The van der Waals surface area contributed by atoms with E-state index in [4.69, 9.17) is 0 Å². The minimum absolute atomic E-state index is 0.101. The van der Waals surface area contributed by atoms with Crippen LogP contribution in [0.5, 0.6) is 0 Å². The summed E-state index contributed by atoms with van der Waals surface area (Å²) in [6.45, 7) is 0.688. The van der Waals surface area contributed by atoms with Crippen LogP contribution in [0.3, 0.4) is 0 Å². The van der Waals surface area contributed by atoms with Crippen LogP contribution < -0.4 is 5.32 Å². The fourth-order valence-corrected chi connectivity index (χ4v) is 4.65. The van der Waals surface area contributed by atoms with Crippen LogP contribution in [0.2, 0.25) is 0 Å². The van der Waals surface area contributed by atoms with Gasteiger partial charge in [0.2, 0.25) is 0 Å². The third-order valence-corrected chi connectivity index (χ3v) is 6.23. The van der Waals surface area contributed by atoms with E-state index in [1.807, 2.05) is 0 Å². The van der Waals surface area contributed by atoms with Crippen LogP contribution in [0.4, 0.5) is 0 Å². The molecule has 0 aromatic carbocycles. The summed E-state index contributed by atoms with van der Waals surface area (Å²) in [5, 5.41) is 3.38. The second-order valence-corrected chi connectivity index (χ2v) is 7.63. The Morgan fingerprint density at radius 2 is 1.62 bits per heavy atom. The van der Waals surface area contributed by atoms with E-state index in [-0.39, 0.29) is 5.25 Å². The van der Waals surface area contributed by atoms with Crippen LogP contribution in [-0.2, 0) is 9.84 Å². The molecule has 94 valence electrons. The molecule has 1 unspecified atom stereocenters. The lowest BCUT2D eigenvalue weighted by molar-refractivity contribution is 0.453. The fraction of sp³-hybridized carbons (Fsp3) is 1.00. The molecule has 2 rings (SSSR count). The van der Waals surface area contributed by atoms with Crippen molar-refractivity contribution in [2.45, 2.75) is 62.7 Å². The van der Waals surface area contributed by atoms with Gasteiger partial charge in [0.25, 0.3) is 0 Å². The Kier molecular flexibility index (Phi) is 4.25. The zero-order chi connectivity index (χ0) is 11.4. The molecule has 1 aliphatic carbocycles. The number of hydrogen-bond donors (Lipinski definition) is 1. The first kappa shape index (κ1) is 12.4. The predicted molar refractivity (Wildman–Crippen MR) is 66.3 cm³/mol. The van der Waals surface area contributed by atoms with Gasteiger partial charge in [0.05, 0.1) is 11.0 Å². The summed E-state index contributed by atoms with van der Waals surface area (Å²) in [7, 11) is -2.76. The Morgan fingerprint density at radius 3 is 2.19 bits per heavy atom. The second kappa shape index (κ2) is 5.50. The highest BCUT2D eigenvalue weighted by molar-refractivity contribution is 7.92. The molecule has 0 bridgehead atoms. The quantitative estimate of drug-likeness (QED) is 0.772. The highest BCUT2D eigenvalue weighted by Crippen LogP contribution is 2.21. The number of hydrogen-bond acceptors (Lipinski definition) is 3. The average molecular weight is 245 g/mol. The summed E-state index contributed by atoms with van der Waals surface area (Å²) in [6.07, 6.45) is 9.48. The van der Waals surface area contributed by atoms with Crippen molar-refractivity contribution in [2.24, 2.45) is 0 Å². The van der Waals surface area contributed by atoms with Crippen LogP contribution >= 0.6 is 0 Å². The Balaban J connectivity index is 1.78. The van der Waals surface area contributed by atoms with Gasteiger partial charge in [-0.25, -0.2) is 8.42 Å². The number of rotatable bonds is 3. The minimum Gasteiger partial charge on any atom is -0.313 e. The smallest absolute Gasteiger partial charge is 0.154 e. The molecule has 2 aliphatic rings. The molecule has 0 spiro atoms. The molecule has 1 atom stereocenters. The van der Waals surface area contributed by atoms with Gasteiger partial charge in [0.15, 0.2) is 9.84 Å². The van der Waals surface area contributed by atoms with Gasteiger partial charge in [-0.1, -0.05) is 25.7 Å². The normalized spacial score (nSPS) is 31.4. The summed E-state index contributed by atoms with van der Waals surface area (Å²) in [5.41, 5.74) is 0. The van der Waals surface area contributed by atoms with Crippen molar-refractivity contribution in [1.29, 1.82) is 0 Å². The summed E-state index contributed by atoms with van der Waals surface area (Å²) in [4.78, 5) is 0. The summed E-state index contributed by atoms with van der Waals surface area (Å²) < 4.78 is 23.3. The standard InChI is InChI=1S/C12H23NO2S/c14-16(15)9-5-8-12(16)10-13-11-6-3-1-2-4-7-11/h11-13H,1-10H2. The first-order valence-corrected chi connectivity index (χ1v) is 8.35. The Morgan fingerprint density at radius 1 is 0.938 bits per heavy atom. The highest BCUT2D eigenvalue weighted by Gasteiger charge is 2.31. The molecule has 16 heavy (non-hydrogen) atoms. The van der Waals surface area contributed by atoms with Crippen LogP contribution in [0.15, 0.2) is 0 Å². The largest absolute Gasteiger partial charge is 0.313 e. The van der Waals surface area contributed by atoms with Crippen molar-refractivity contribution in [3.05, 3.63) is 0 Å². The molecular formula is C12H23NO2S. The molecule has 1 N–H and O–H groups in total. The van der Waals surface area contributed by atoms with E-state index >= 15 is 0 Å². The summed E-state index contributed by atoms with van der Waals surface area (Å²) in [6, 6.07) is 0.568. The summed E-state index contributed by atoms with van der Waals surface area (Å²) >= 11 is 0. The molecule has 1 saturated carbocycles. The zero-order valence-corrected chi connectivity index (χ0v) is 10.8. The van der Waals surface area contributed by atoms with Gasteiger partial charge in [-0.2, -0.15) is 0 Å². The first-order valence-electron chi connectivity index (χ1n) is 6.63. The van der Waals surface area contributed by atoms with Gasteiger partial charge in [-0.05, 0) is 25.7 Å². The molecule has 1 heterocycles. The van der Waals surface area contributed by atoms with Gasteiger partial charge in [0, 0.05) is 12.6 Å². The second-order valence-electron chi connectivity index (χ2n) is 5.23. The molecular weight excluding hydrogens is 222 g/mol. The fourth-order valence-electron chi connectivity index (χ4n) is 2.87. The lowest BCUT2D eigenvalue weighted by atomic mass is 10.1. The van der Waals surface area contributed by atoms with Gasteiger partial charge in [-0.3, -0.25) is 0 Å². The van der Waals surface area contributed by atoms with Gasteiger partial charge in [-0.15, -0.1) is 0 Å². The van der Waals surface area contributed by atoms with E-state index in [0.717, 1.165) is 12.8 Å². The molecule has 0 radical (unpaired) electrons. The van der Waals surface area contributed by atoms with Crippen LogP contribution in [0, 0.1) is 0 Å². The van der Waals surface area contributed by atoms with E-state index in [1.54, 1.807) is 0 Å². The van der Waals surface area contributed by atoms with Gasteiger partial charge < -0.3 is 5.32 Å². The summed E-state index contributed by atoms with van der Waals surface area (Å²) in [5.74, 6) is 0.407. The van der Waals surface area contributed by atoms with Gasteiger partial charge >= 0.3 is 0 Å². The number of sulfone groups is 1. The van der Waals surface area contributed by atoms with Crippen LogP contribution in [0.25, 0.3) is 0 Å². The molecule has 1 aliphatic heterocycles. The van der Waals surface area contributed by atoms with Crippen LogP contribution in [-0.4, -0.2) is 32.0 Å². The topological polar surface area (TPSA) is 46.2 Å². The maximum absolute atomic E-state index is 11.7. The number of nitrogens with one attached hydrogen (secondary N) is 1. The van der Waals surface area contributed by atoms with Gasteiger partial charge in [0.1, 0.15) is 0 Å². The lowest BCUT2D eigenvalue weighted by Gasteiger charge is -2.18. The lowest BCUT2D eigenvalue weighted by Crippen LogP contribution is -2.37. The molecule has 2 fully saturated rings. The molecule has 0 aromatic heterocycles. The molecule has 0 aromatic rings. The third kappa shape index (κ3) is 3.20. The van der Waals surface area contributed by atoms with E-state index < -0.39 is 9.84 Å². The Hall–Kier alpha value is -0.0900. The van der Waals surface area contributed by atoms with Crippen LogP contribution in [0.1, 0.15) is 51.4 Å². The maximum atomic E-state index is 11.7. The molecule has 0 amide bonds. The van der Waals surface area contributed by atoms with Crippen molar-refractivity contribution >= 4 is 9.84 Å². The van der Waals surface area contributed by atoms with E-state index in [9.17, 15) is 8.42 Å². The predicted octanol–water partition coefficient (Wildman–Crippen LogP) is 1.88. The van der Waals surface area contributed by atoms with E-state index in [1.165, 1.54) is 38.5 Å². The van der Waals surface area contributed by atoms with E-state index in [2.05, 4.69) is 5.32 Å². The average Bonchev–Trinajstić information content (AvgIpc) is 2.48. The molecule has 3 nitrogen and oxygen atoms in total. The van der Waals surface area contributed by atoms with Crippen molar-refractivity contribution in [1.82, 2.24) is 5.32 Å². The zero-order valence-electron chi connectivity index (χ0n) is 9.95. The first-order chi connectivity index (χ1) is 7.68. The van der Waals surface area contributed by atoms with Crippen molar-refractivity contribution in [3.63, 3.8) is 0 Å². The van der Waals surface area contributed by atoms with Crippen molar-refractivity contribution < 1.29 is 8.42 Å². The molecule has 4 heteroatoms. The minimum atomic E-state index is -2.76. The molecule has 1 saturated heterocycles. The van der Waals surface area contributed by atoms with Crippen molar-refractivity contribution in [3.8, 4) is 0 Å². The Bertz CT molecular complexity index is 305. The van der Waals surface area contributed by atoms with E-state index in [0.29, 0.717) is 18.3 Å². The monoisotopic (exact) mass is 245 g/mol. The Labute approximate surface area is 98.9 Å². The highest BCUT2D eigenvalue weighted by atomic mass is 32.2. The third-order valence-electron chi connectivity index (χ3n) is 3.95. The maximum Gasteiger partial charge on any atom is 0.154 e. The SMILES string of the molecule is O=S1(=O)CCCC1CNC1CCCCCC1.